The summed E-state index contributed by atoms with van der Waals surface area (Å²) in [7, 11) is 3.19. The van der Waals surface area contributed by atoms with E-state index in [1.54, 1.807) is 32.4 Å². The summed E-state index contributed by atoms with van der Waals surface area (Å²) in [5.41, 5.74) is 5.61. The molecule has 0 bridgehead atoms. The molecule has 1 aromatic carbocycles. The van der Waals surface area contributed by atoms with E-state index in [1.165, 1.54) is 0 Å². The molecule has 0 aliphatic heterocycles. The number of nitrogens with one attached hydrogen (secondary N) is 1. The zero-order valence-corrected chi connectivity index (χ0v) is 13.6. The molecule has 0 aliphatic rings. The fourth-order valence-corrected chi connectivity index (χ4v) is 1.80. The first-order chi connectivity index (χ1) is 10.5. The third-order valence-corrected chi connectivity index (χ3v) is 3.06. The Labute approximate surface area is 131 Å². The molecule has 124 valence electrons. The van der Waals surface area contributed by atoms with Gasteiger partial charge in [-0.15, -0.1) is 0 Å². The number of methoxy groups -OCH3 is 2. The van der Waals surface area contributed by atoms with E-state index in [2.05, 4.69) is 5.32 Å². The summed E-state index contributed by atoms with van der Waals surface area (Å²) in [5.74, 6) is 2.07. The van der Waals surface area contributed by atoms with Gasteiger partial charge in [0.05, 0.1) is 20.8 Å². The van der Waals surface area contributed by atoms with Crippen LogP contribution in [0.25, 0.3) is 0 Å². The Morgan fingerprint density at radius 3 is 2.32 bits per heavy atom. The molecule has 1 unspecified atom stereocenters. The van der Waals surface area contributed by atoms with Gasteiger partial charge >= 0.3 is 0 Å². The van der Waals surface area contributed by atoms with Crippen molar-refractivity contribution in [1.29, 1.82) is 0 Å². The molecule has 6 nitrogen and oxygen atoms in total. The average Bonchev–Trinajstić information content (AvgIpc) is 2.52. The van der Waals surface area contributed by atoms with Crippen molar-refractivity contribution < 1.29 is 19.0 Å². The molecular formula is C16H26N2O4. The lowest BCUT2D eigenvalue weighted by molar-refractivity contribution is -0.121. The molecule has 0 saturated heterocycles. The molecule has 0 heterocycles. The molecule has 0 aliphatic carbocycles. The molecule has 1 atom stereocenters. The summed E-state index contributed by atoms with van der Waals surface area (Å²) < 4.78 is 16.0. The van der Waals surface area contributed by atoms with Crippen molar-refractivity contribution >= 4 is 5.91 Å². The molecule has 0 radical (unpaired) electrons. The van der Waals surface area contributed by atoms with Crippen LogP contribution in [0.3, 0.4) is 0 Å². The van der Waals surface area contributed by atoms with Crippen LogP contribution in [0.5, 0.6) is 17.2 Å². The minimum atomic E-state index is 0.0281. The number of amides is 1. The Morgan fingerprint density at radius 2 is 1.77 bits per heavy atom. The van der Waals surface area contributed by atoms with Crippen LogP contribution < -0.4 is 25.3 Å². The van der Waals surface area contributed by atoms with E-state index < -0.39 is 0 Å². The Kier molecular flexibility index (Phi) is 8.14. The van der Waals surface area contributed by atoms with E-state index in [9.17, 15) is 4.79 Å². The number of hydrogen-bond donors (Lipinski definition) is 2. The minimum absolute atomic E-state index is 0.0281. The first-order valence-electron chi connectivity index (χ1n) is 7.43. The van der Waals surface area contributed by atoms with Gasteiger partial charge in [-0.2, -0.15) is 0 Å². The van der Waals surface area contributed by atoms with E-state index in [1.807, 2.05) is 6.92 Å². The summed E-state index contributed by atoms with van der Waals surface area (Å²) in [6.07, 6.45) is 1.89. The molecule has 0 aromatic heterocycles. The highest BCUT2D eigenvalue weighted by atomic mass is 16.5. The number of carbonyl (C=O) groups excluding carboxylic acids is 1. The second kappa shape index (κ2) is 9.89. The zero-order chi connectivity index (χ0) is 16.4. The average molecular weight is 310 g/mol. The van der Waals surface area contributed by atoms with Gasteiger partial charge in [0.15, 0.2) is 0 Å². The van der Waals surface area contributed by atoms with Gasteiger partial charge in [-0.05, 0) is 19.8 Å². The number of ether oxygens (including phenoxy) is 3. The van der Waals surface area contributed by atoms with Gasteiger partial charge in [-0.25, -0.2) is 0 Å². The lowest BCUT2D eigenvalue weighted by Gasteiger charge is -2.11. The first-order valence-corrected chi connectivity index (χ1v) is 7.43. The van der Waals surface area contributed by atoms with Gasteiger partial charge < -0.3 is 25.3 Å². The van der Waals surface area contributed by atoms with E-state index in [4.69, 9.17) is 19.9 Å². The van der Waals surface area contributed by atoms with E-state index in [0.29, 0.717) is 43.2 Å². The van der Waals surface area contributed by atoms with Gasteiger partial charge in [-0.3, -0.25) is 4.79 Å². The first kappa shape index (κ1) is 18.1. The van der Waals surface area contributed by atoms with Crippen molar-refractivity contribution in [2.75, 3.05) is 27.4 Å². The van der Waals surface area contributed by atoms with E-state index in [-0.39, 0.29) is 11.9 Å². The van der Waals surface area contributed by atoms with E-state index >= 15 is 0 Å². The normalized spacial score (nSPS) is 11.6. The second-order valence-electron chi connectivity index (χ2n) is 5.12. The molecular weight excluding hydrogens is 284 g/mol. The number of nitrogens with two attached hydrogens (primary N) is 1. The maximum absolute atomic E-state index is 11.5. The summed E-state index contributed by atoms with van der Waals surface area (Å²) in [5, 5.41) is 2.85. The van der Waals surface area contributed by atoms with Crippen LogP contribution in [0.2, 0.25) is 0 Å². The third kappa shape index (κ3) is 7.17. The molecule has 0 spiro atoms. The highest BCUT2D eigenvalue weighted by Crippen LogP contribution is 2.27. The van der Waals surface area contributed by atoms with Crippen LogP contribution >= 0.6 is 0 Å². The molecule has 1 amide bonds. The highest BCUT2D eigenvalue weighted by molar-refractivity contribution is 5.75. The van der Waals surface area contributed by atoms with Crippen molar-refractivity contribution in [2.24, 2.45) is 5.73 Å². The summed E-state index contributed by atoms with van der Waals surface area (Å²) in [6.45, 7) is 2.98. The van der Waals surface area contributed by atoms with E-state index in [0.717, 1.165) is 6.42 Å². The number of rotatable bonds is 10. The van der Waals surface area contributed by atoms with Crippen molar-refractivity contribution in [3.63, 3.8) is 0 Å². The molecule has 22 heavy (non-hydrogen) atoms. The smallest absolute Gasteiger partial charge is 0.220 e. The molecule has 0 fully saturated rings. The summed E-state index contributed by atoms with van der Waals surface area (Å²) in [6, 6.07) is 5.43. The predicted octanol–water partition coefficient (Wildman–Crippen LogP) is 1.72. The lowest BCUT2D eigenvalue weighted by atomic mass is 10.2. The number of benzene rings is 1. The minimum Gasteiger partial charge on any atom is -0.496 e. The van der Waals surface area contributed by atoms with Crippen LogP contribution in [-0.2, 0) is 4.79 Å². The molecule has 0 saturated carbocycles. The second-order valence-corrected chi connectivity index (χ2v) is 5.12. The van der Waals surface area contributed by atoms with Crippen molar-refractivity contribution in [3.8, 4) is 17.2 Å². The Balaban J connectivity index is 2.25. The largest absolute Gasteiger partial charge is 0.496 e. The van der Waals surface area contributed by atoms with Crippen LogP contribution in [0.4, 0.5) is 0 Å². The van der Waals surface area contributed by atoms with Gasteiger partial charge in [-0.1, -0.05) is 0 Å². The molecule has 1 aromatic rings. The standard InChI is InChI=1S/C16H26N2O4/c1-12(17)5-6-16(19)18-7-4-8-22-15-10-13(20-2)9-14(11-15)21-3/h9-12H,4-8,17H2,1-3H3,(H,18,19). The maximum Gasteiger partial charge on any atom is 0.220 e. The Hall–Kier alpha value is -1.95. The fraction of sp³-hybridized carbons (Fsp3) is 0.562. The Morgan fingerprint density at radius 1 is 1.18 bits per heavy atom. The Bertz CT molecular complexity index is 441. The van der Waals surface area contributed by atoms with Crippen LogP contribution in [0.1, 0.15) is 26.2 Å². The van der Waals surface area contributed by atoms with Gasteiger partial charge in [0.2, 0.25) is 5.91 Å². The van der Waals surface area contributed by atoms with Gasteiger partial charge in [0.1, 0.15) is 17.2 Å². The monoisotopic (exact) mass is 310 g/mol. The molecule has 1 rings (SSSR count). The molecule has 6 heteroatoms. The van der Waals surface area contributed by atoms with Crippen molar-refractivity contribution in [2.45, 2.75) is 32.2 Å². The quantitative estimate of drug-likeness (QED) is 0.643. The predicted molar refractivity (Wildman–Crippen MR) is 85.6 cm³/mol. The fourth-order valence-electron chi connectivity index (χ4n) is 1.80. The van der Waals surface area contributed by atoms with Gasteiger partial charge in [0, 0.05) is 37.2 Å². The van der Waals surface area contributed by atoms with Crippen molar-refractivity contribution in [3.05, 3.63) is 18.2 Å². The lowest BCUT2D eigenvalue weighted by Crippen LogP contribution is -2.27. The molecule has 3 N–H and O–H groups in total. The topological polar surface area (TPSA) is 82.8 Å². The highest BCUT2D eigenvalue weighted by Gasteiger charge is 2.04. The van der Waals surface area contributed by atoms with Crippen LogP contribution in [0.15, 0.2) is 18.2 Å². The number of carbonyl (C=O) groups is 1. The van der Waals surface area contributed by atoms with Gasteiger partial charge in [0.25, 0.3) is 0 Å². The SMILES string of the molecule is COc1cc(OC)cc(OCCCNC(=O)CCC(C)N)c1. The summed E-state index contributed by atoms with van der Waals surface area (Å²) >= 11 is 0. The van der Waals surface area contributed by atoms with Crippen molar-refractivity contribution in [1.82, 2.24) is 5.32 Å². The van der Waals surface area contributed by atoms with Crippen LogP contribution in [-0.4, -0.2) is 39.3 Å². The van der Waals surface area contributed by atoms with Crippen LogP contribution in [0, 0.1) is 0 Å². The zero-order valence-electron chi connectivity index (χ0n) is 13.6. The maximum atomic E-state index is 11.5. The summed E-state index contributed by atoms with van der Waals surface area (Å²) in [4.78, 5) is 11.5. The number of hydrogen-bond acceptors (Lipinski definition) is 5. The third-order valence-electron chi connectivity index (χ3n) is 3.06.